The van der Waals surface area contributed by atoms with Crippen LogP contribution < -0.4 is 10.1 Å². The van der Waals surface area contributed by atoms with Crippen LogP contribution in [0.5, 0.6) is 5.88 Å². The summed E-state index contributed by atoms with van der Waals surface area (Å²) in [7, 11) is 0. The number of ether oxygens (including phenoxy) is 3. The SMILES string of the molecule is CC(C)(C)OC(=O)N1CCC(Oc2ccc(C(=O)NCC(O)[C@@H]3Cc4ccccc4CN3C(=O)OC(C)(C)C)cn2)CC1. The van der Waals surface area contributed by atoms with Crippen LogP contribution in [-0.4, -0.2) is 87.1 Å². The zero-order chi connectivity index (χ0) is 31.4. The molecule has 0 radical (unpaired) electrons. The molecule has 2 aromatic rings. The number of piperidine rings is 1. The molecule has 2 atom stereocenters. The number of nitrogens with one attached hydrogen (secondary N) is 1. The van der Waals surface area contributed by atoms with Gasteiger partial charge in [-0.15, -0.1) is 0 Å². The van der Waals surface area contributed by atoms with E-state index >= 15 is 0 Å². The van der Waals surface area contributed by atoms with Crippen molar-refractivity contribution in [2.75, 3.05) is 19.6 Å². The largest absolute Gasteiger partial charge is 0.474 e. The van der Waals surface area contributed by atoms with Crippen molar-refractivity contribution in [2.24, 2.45) is 0 Å². The van der Waals surface area contributed by atoms with E-state index in [1.807, 2.05) is 45.0 Å². The Hall–Kier alpha value is -3.86. The second-order valence-electron chi connectivity index (χ2n) is 13.1. The lowest BCUT2D eigenvalue weighted by Crippen LogP contribution is -2.54. The average molecular weight is 597 g/mol. The summed E-state index contributed by atoms with van der Waals surface area (Å²) in [4.78, 5) is 45.7. The molecule has 11 nitrogen and oxygen atoms in total. The Morgan fingerprint density at radius 3 is 2.19 bits per heavy atom. The summed E-state index contributed by atoms with van der Waals surface area (Å²) >= 11 is 0. The van der Waals surface area contributed by atoms with Gasteiger partial charge < -0.3 is 29.5 Å². The van der Waals surface area contributed by atoms with E-state index in [1.165, 1.54) is 11.1 Å². The van der Waals surface area contributed by atoms with E-state index in [0.29, 0.717) is 50.3 Å². The monoisotopic (exact) mass is 596 g/mol. The Bertz CT molecular complexity index is 1280. The van der Waals surface area contributed by atoms with Gasteiger partial charge in [0.05, 0.1) is 17.7 Å². The number of benzene rings is 1. The van der Waals surface area contributed by atoms with E-state index in [-0.39, 0.29) is 18.7 Å². The third-order valence-electron chi connectivity index (χ3n) is 7.21. The fraction of sp³-hybridized carbons (Fsp3) is 0.562. The summed E-state index contributed by atoms with van der Waals surface area (Å²) in [6.07, 6.45) is 1.21. The summed E-state index contributed by atoms with van der Waals surface area (Å²) in [5.41, 5.74) is 1.15. The Labute approximate surface area is 253 Å². The molecule has 2 N–H and O–H groups in total. The molecule has 0 saturated carbocycles. The van der Waals surface area contributed by atoms with Crippen molar-refractivity contribution < 1.29 is 33.7 Å². The third-order valence-corrected chi connectivity index (χ3v) is 7.21. The lowest BCUT2D eigenvalue weighted by molar-refractivity contribution is -0.0113. The first kappa shape index (κ1) is 32.1. The summed E-state index contributed by atoms with van der Waals surface area (Å²) < 4.78 is 17.0. The van der Waals surface area contributed by atoms with Gasteiger partial charge in [0, 0.05) is 51.3 Å². The molecule has 4 rings (SSSR count). The smallest absolute Gasteiger partial charge is 0.410 e. The third kappa shape index (κ3) is 9.06. The number of pyridine rings is 1. The molecule has 1 saturated heterocycles. The molecular formula is C32H44N4O7. The van der Waals surface area contributed by atoms with Crippen LogP contribution in [0.3, 0.4) is 0 Å². The highest BCUT2D eigenvalue weighted by Gasteiger charge is 2.37. The molecular weight excluding hydrogens is 552 g/mol. The lowest BCUT2D eigenvalue weighted by Gasteiger charge is -2.40. The van der Waals surface area contributed by atoms with Gasteiger partial charge in [0.25, 0.3) is 5.91 Å². The maximum atomic E-state index is 13.0. The van der Waals surface area contributed by atoms with Crippen molar-refractivity contribution >= 4 is 18.1 Å². The van der Waals surface area contributed by atoms with Crippen LogP contribution in [0.15, 0.2) is 42.6 Å². The first-order chi connectivity index (χ1) is 20.2. The van der Waals surface area contributed by atoms with Crippen LogP contribution >= 0.6 is 0 Å². The Morgan fingerprint density at radius 2 is 1.58 bits per heavy atom. The Morgan fingerprint density at radius 1 is 0.953 bits per heavy atom. The van der Waals surface area contributed by atoms with Crippen LogP contribution in [0.1, 0.15) is 75.9 Å². The normalized spacial score (nSPS) is 18.3. The summed E-state index contributed by atoms with van der Waals surface area (Å²) in [6, 6.07) is 10.5. The van der Waals surface area contributed by atoms with Crippen molar-refractivity contribution in [3.63, 3.8) is 0 Å². The highest BCUT2D eigenvalue weighted by molar-refractivity contribution is 5.93. The number of hydrogen-bond acceptors (Lipinski definition) is 8. The van der Waals surface area contributed by atoms with Gasteiger partial charge in [-0.3, -0.25) is 9.69 Å². The highest BCUT2D eigenvalue weighted by Crippen LogP contribution is 2.27. The number of aliphatic hydroxyl groups is 1. The van der Waals surface area contributed by atoms with Gasteiger partial charge in [0.2, 0.25) is 5.88 Å². The van der Waals surface area contributed by atoms with Crippen molar-refractivity contribution in [3.05, 3.63) is 59.3 Å². The number of carbonyl (C=O) groups excluding carboxylic acids is 3. The molecule has 3 amide bonds. The number of likely N-dealkylation sites (tertiary alicyclic amines) is 1. The predicted molar refractivity (Wildman–Crippen MR) is 160 cm³/mol. The van der Waals surface area contributed by atoms with Gasteiger partial charge in [0.1, 0.15) is 17.3 Å². The number of nitrogens with zero attached hydrogens (tertiary/aromatic N) is 3. The fourth-order valence-electron chi connectivity index (χ4n) is 5.08. The molecule has 2 aliphatic heterocycles. The second-order valence-corrected chi connectivity index (χ2v) is 13.1. The lowest BCUT2D eigenvalue weighted by atomic mass is 9.91. The molecule has 0 aliphatic carbocycles. The summed E-state index contributed by atoms with van der Waals surface area (Å²) in [5, 5.41) is 13.9. The van der Waals surface area contributed by atoms with Gasteiger partial charge >= 0.3 is 12.2 Å². The van der Waals surface area contributed by atoms with Crippen LogP contribution in [0.4, 0.5) is 9.59 Å². The van der Waals surface area contributed by atoms with E-state index in [2.05, 4.69) is 10.3 Å². The van der Waals surface area contributed by atoms with Gasteiger partial charge in [-0.1, -0.05) is 24.3 Å². The topological polar surface area (TPSA) is 131 Å². The molecule has 11 heteroatoms. The van der Waals surface area contributed by atoms with Crippen molar-refractivity contribution in [2.45, 2.75) is 96.8 Å². The number of amides is 3. The van der Waals surface area contributed by atoms with E-state index in [4.69, 9.17) is 14.2 Å². The zero-order valence-electron chi connectivity index (χ0n) is 26.0. The first-order valence-electron chi connectivity index (χ1n) is 14.8. The molecule has 1 aromatic carbocycles. The van der Waals surface area contributed by atoms with Crippen molar-refractivity contribution in [3.8, 4) is 5.88 Å². The van der Waals surface area contributed by atoms with Crippen LogP contribution in [0.25, 0.3) is 0 Å². The van der Waals surface area contributed by atoms with Gasteiger partial charge in [-0.2, -0.15) is 0 Å². The summed E-state index contributed by atoms with van der Waals surface area (Å²) in [6.45, 7) is 12.2. The van der Waals surface area contributed by atoms with Crippen molar-refractivity contribution in [1.82, 2.24) is 20.1 Å². The molecule has 234 valence electrons. The van der Waals surface area contributed by atoms with Gasteiger partial charge in [-0.05, 0) is 65.2 Å². The quantitative estimate of drug-likeness (QED) is 0.505. The van der Waals surface area contributed by atoms with Crippen LogP contribution in [0, 0.1) is 0 Å². The minimum atomic E-state index is -1.02. The molecule has 0 bridgehead atoms. The molecule has 2 aliphatic rings. The minimum absolute atomic E-state index is 0.0561. The van der Waals surface area contributed by atoms with E-state index < -0.39 is 35.3 Å². The number of aromatic nitrogens is 1. The number of fused-ring (bicyclic) bond motifs is 1. The highest BCUT2D eigenvalue weighted by atomic mass is 16.6. The molecule has 3 heterocycles. The number of aliphatic hydroxyl groups excluding tert-OH is 1. The molecule has 1 fully saturated rings. The number of carbonyl (C=O) groups is 3. The molecule has 1 unspecified atom stereocenters. The molecule has 0 spiro atoms. The standard InChI is InChI=1S/C32H44N4O7/c1-31(2,3)42-29(39)35-15-13-24(14-16-35)41-27-12-11-22(18-33-27)28(38)34-19-26(37)25-17-21-9-7-8-10-23(21)20-36(25)30(40)43-32(4,5)6/h7-12,18,24-26,37H,13-17,19-20H2,1-6H3,(H,34,38)/t25-,26?/m0/s1. The van der Waals surface area contributed by atoms with E-state index in [1.54, 1.807) is 37.8 Å². The number of rotatable bonds is 6. The summed E-state index contributed by atoms with van der Waals surface area (Å²) in [5.74, 6) is -0.00928. The second kappa shape index (κ2) is 13.2. The van der Waals surface area contributed by atoms with Gasteiger partial charge in [0.15, 0.2) is 0 Å². The van der Waals surface area contributed by atoms with Crippen LogP contribution in [-0.2, 0) is 22.4 Å². The molecule has 1 aromatic heterocycles. The predicted octanol–water partition coefficient (Wildman–Crippen LogP) is 4.31. The Kier molecular flexibility index (Phi) is 9.84. The van der Waals surface area contributed by atoms with Crippen LogP contribution in [0.2, 0.25) is 0 Å². The maximum absolute atomic E-state index is 13.0. The minimum Gasteiger partial charge on any atom is -0.474 e. The fourth-order valence-corrected chi connectivity index (χ4v) is 5.08. The Balaban J connectivity index is 1.29. The maximum Gasteiger partial charge on any atom is 0.410 e. The molecule has 43 heavy (non-hydrogen) atoms. The zero-order valence-corrected chi connectivity index (χ0v) is 26.0. The average Bonchev–Trinajstić information content (AvgIpc) is 2.94. The van der Waals surface area contributed by atoms with Crippen molar-refractivity contribution in [1.29, 1.82) is 0 Å². The number of hydrogen-bond donors (Lipinski definition) is 2. The van der Waals surface area contributed by atoms with E-state index in [0.717, 1.165) is 11.1 Å². The van der Waals surface area contributed by atoms with E-state index in [9.17, 15) is 19.5 Å². The van der Waals surface area contributed by atoms with Gasteiger partial charge in [-0.25, -0.2) is 14.6 Å². The first-order valence-corrected chi connectivity index (χ1v) is 14.8.